The average Bonchev–Trinajstić information content (AvgIpc) is 2.13. The second kappa shape index (κ2) is 4.13. The summed E-state index contributed by atoms with van der Waals surface area (Å²) >= 11 is 0. The predicted molar refractivity (Wildman–Crippen MR) is 58.6 cm³/mol. The molecule has 1 rings (SSSR count). The van der Waals surface area contributed by atoms with Crippen LogP contribution < -0.4 is 11.1 Å². The van der Waals surface area contributed by atoms with Crippen molar-refractivity contribution in [3.63, 3.8) is 0 Å². The molecule has 14 heavy (non-hydrogen) atoms. The highest BCUT2D eigenvalue weighted by Gasteiger charge is 2.10. The van der Waals surface area contributed by atoms with E-state index in [1.807, 2.05) is 26.8 Å². The van der Waals surface area contributed by atoms with Gasteiger partial charge in [0.1, 0.15) is 0 Å². The van der Waals surface area contributed by atoms with Crippen LogP contribution in [0.3, 0.4) is 0 Å². The highest BCUT2D eigenvalue weighted by Crippen LogP contribution is 2.23. The maximum Gasteiger partial charge on any atom is 0.250 e. The summed E-state index contributed by atoms with van der Waals surface area (Å²) in [6, 6.07) is 3.68. The van der Waals surface area contributed by atoms with Gasteiger partial charge in [0.25, 0.3) is 5.91 Å². The van der Waals surface area contributed by atoms with Crippen molar-refractivity contribution in [2.24, 2.45) is 5.73 Å². The molecule has 0 aromatic heterocycles. The fraction of sp³-hybridized carbons (Fsp3) is 0.364. The number of anilines is 1. The molecule has 0 fully saturated rings. The highest BCUT2D eigenvalue weighted by atomic mass is 16.1. The van der Waals surface area contributed by atoms with Crippen molar-refractivity contribution in [2.75, 3.05) is 11.9 Å². The second-order valence-corrected chi connectivity index (χ2v) is 3.32. The molecule has 0 heterocycles. The molecule has 1 aromatic carbocycles. The third-order valence-corrected chi connectivity index (χ3v) is 2.35. The van der Waals surface area contributed by atoms with Gasteiger partial charge in [-0.1, -0.05) is 6.07 Å². The van der Waals surface area contributed by atoms with E-state index in [9.17, 15) is 4.79 Å². The van der Waals surface area contributed by atoms with Crippen LogP contribution in [0.5, 0.6) is 0 Å². The molecule has 3 heteroatoms. The first-order valence-corrected chi connectivity index (χ1v) is 4.71. The van der Waals surface area contributed by atoms with Gasteiger partial charge in [0.2, 0.25) is 0 Å². The average molecular weight is 192 g/mol. The van der Waals surface area contributed by atoms with E-state index in [-0.39, 0.29) is 5.91 Å². The van der Waals surface area contributed by atoms with Crippen LogP contribution in [0.25, 0.3) is 0 Å². The SMILES string of the molecule is CCNc1c(C(N)=O)ccc(C)c1C. The van der Waals surface area contributed by atoms with E-state index in [4.69, 9.17) is 5.73 Å². The maximum absolute atomic E-state index is 11.1. The van der Waals surface area contributed by atoms with Crippen LogP contribution in [0.4, 0.5) is 5.69 Å². The summed E-state index contributed by atoms with van der Waals surface area (Å²) in [7, 11) is 0. The third kappa shape index (κ3) is 1.87. The van der Waals surface area contributed by atoms with Crippen LogP contribution in [0.2, 0.25) is 0 Å². The molecule has 0 atom stereocenters. The second-order valence-electron chi connectivity index (χ2n) is 3.32. The molecule has 76 valence electrons. The molecule has 0 spiro atoms. The number of primary amides is 1. The molecular formula is C11H16N2O. The Morgan fingerprint density at radius 2 is 2.07 bits per heavy atom. The van der Waals surface area contributed by atoms with E-state index in [1.165, 1.54) is 0 Å². The lowest BCUT2D eigenvalue weighted by Gasteiger charge is -2.13. The standard InChI is InChI=1S/C11H16N2O/c1-4-13-10-8(3)7(2)5-6-9(10)11(12)14/h5-6,13H,4H2,1-3H3,(H2,12,14). The summed E-state index contributed by atoms with van der Waals surface area (Å²) in [6.45, 7) is 6.78. The van der Waals surface area contributed by atoms with Crippen LogP contribution >= 0.6 is 0 Å². The molecular weight excluding hydrogens is 176 g/mol. The fourth-order valence-corrected chi connectivity index (χ4v) is 1.43. The summed E-state index contributed by atoms with van der Waals surface area (Å²) in [4.78, 5) is 11.1. The number of rotatable bonds is 3. The molecule has 0 aliphatic heterocycles. The largest absolute Gasteiger partial charge is 0.384 e. The Hall–Kier alpha value is -1.51. The molecule has 0 bridgehead atoms. The number of aryl methyl sites for hydroxylation is 1. The van der Waals surface area contributed by atoms with Gasteiger partial charge >= 0.3 is 0 Å². The van der Waals surface area contributed by atoms with E-state index in [2.05, 4.69) is 5.32 Å². The Morgan fingerprint density at radius 3 is 2.57 bits per heavy atom. The van der Waals surface area contributed by atoms with Gasteiger partial charge in [-0.15, -0.1) is 0 Å². The Morgan fingerprint density at radius 1 is 1.43 bits per heavy atom. The molecule has 1 amide bonds. The third-order valence-electron chi connectivity index (χ3n) is 2.35. The number of nitrogens with one attached hydrogen (secondary N) is 1. The van der Waals surface area contributed by atoms with Crippen molar-refractivity contribution in [2.45, 2.75) is 20.8 Å². The molecule has 1 aromatic rings. The minimum atomic E-state index is -0.385. The molecule has 0 radical (unpaired) electrons. The number of hydrogen-bond acceptors (Lipinski definition) is 2. The Bertz CT molecular complexity index is 359. The first-order valence-electron chi connectivity index (χ1n) is 4.71. The zero-order valence-electron chi connectivity index (χ0n) is 8.85. The van der Waals surface area contributed by atoms with Gasteiger partial charge in [-0.3, -0.25) is 4.79 Å². The van der Waals surface area contributed by atoms with Crippen molar-refractivity contribution >= 4 is 11.6 Å². The van der Waals surface area contributed by atoms with Gasteiger partial charge in [0.15, 0.2) is 0 Å². The molecule has 0 unspecified atom stereocenters. The van der Waals surface area contributed by atoms with Gasteiger partial charge in [0, 0.05) is 6.54 Å². The summed E-state index contributed by atoms with van der Waals surface area (Å²) in [6.07, 6.45) is 0. The monoisotopic (exact) mass is 192 g/mol. The van der Waals surface area contributed by atoms with E-state index >= 15 is 0 Å². The van der Waals surface area contributed by atoms with Crippen LogP contribution in [0, 0.1) is 13.8 Å². The minimum Gasteiger partial charge on any atom is -0.384 e. The first kappa shape index (κ1) is 10.6. The Kier molecular flexibility index (Phi) is 3.12. The molecule has 0 aliphatic carbocycles. The van der Waals surface area contributed by atoms with Gasteiger partial charge in [-0.2, -0.15) is 0 Å². The summed E-state index contributed by atoms with van der Waals surface area (Å²) in [5, 5.41) is 3.17. The lowest BCUT2D eigenvalue weighted by atomic mass is 10.0. The fourth-order valence-electron chi connectivity index (χ4n) is 1.43. The number of benzene rings is 1. The lowest BCUT2D eigenvalue weighted by molar-refractivity contribution is 0.100. The van der Waals surface area contributed by atoms with E-state index in [0.717, 1.165) is 23.4 Å². The smallest absolute Gasteiger partial charge is 0.250 e. The van der Waals surface area contributed by atoms with Gasteiger partial charge in [-0.25, -0.2) is 0 Å². The topological polar surface area (TPSA) is 55.1 Å². The van der Waals surface area contributed by atoms with Crippen molar-refractivity contribution in [3.8, 4) is 0 Å². The summed E-state index contributed by atoms with van der Waals surface area (Å²) in [5.41, 5.74) is 8.96. The number of nitrogens with two attached hydrogens (primary N) is 1. The normalized spacial score (nSPS) is 9.93. The maximum atomic E-state index is 11.1. The molecule has 3 N–H and O–H groups in total. The molecule has 0 saturated heterocycles. The van der Waals surface area contributed by atoms with Gasteiger partial charge in [-0.05, 0) is 38.0 Å². The van der Waals surface area contributed by atoms with Crippen molar-refractivity contribution < 1.29 is 4.79 Å². The molecule has 3 nitrogen and oxygen atoms in total. The highest BCUT2D eigenvalue weighted by molar-refractivity contribution is 5.99. The Labute approximate surface area is 84.3 Å². The first-order chi connectivity index (χ1) is 6.57. The van der Waals surface area contributed by atoms with Crippen LogP contribution in [0.15, 0.2) is 12.1 Å². The Balaban J connectivity index is 3.29. The van der Waals surface area contributed by atoms with Crippen LogP contribution in [-0.2, 0) is 0 Å². The van der Waals surface area contributed by atoms with Crippen LogP contribution in [-0.4, -0.2) is 12.5 Å². The minimum absolute atomic E-state index is 0.385. The zero-order chi connectivity index (χ0) is 10.7. The van der Waals surface area contributed by atoms with Gasteiger partial charge < -0.3 is 11.1 Å². The van der Waals surface area contributed by atoms with Crippen LogP contribution in [0.1, 0.15) is 28.4 Å². The van der Waals surface area contributed by atoms with Crippen molar-refractivity contribution in [1.29, 1.82) is 0 Å². The summed E-state index contributed by atoms with van der Waals surface area (Å²) < 4.78 is 0. The van der Waals surface area contributed by atoms with Crippen molar-refractivity contribution in [1.82, 2.24) is 0 Å². The molecule has 0 aliphatic rings. The van der Waals surface area contributed by atoms with E-state index in [1.54, 1.807) is 6.07 Å². The predicted octanol–water partition coefficient (Wildman–Crippen LogP) is 1.83. The number of carbonyl (C=O) groups excluding carboxylic acids is 1. The number of amides is 1. The number of hydrogen-bond donors (Lipinski definition) is 2. The quantitative estimate of drug-likeness (QED) is 0.767. The van der Waals surface area contributed by atoms with Gasteiger partial charge in [0.05, 0.1) is 11.3 Å². The lowest BCUT2D eigenvalue weighted by Crippen LogP contribution is -2.15. The van der Waals surface area contributed by atoms with Crippen molar-refractivity contribution in [3.05, 3.63) is 28.8 Å². The summed E-state index contributed by atoms with van der Waals surface area (Å²) in [5.74, 6) is -0.385. The van der Waals surface area contributed by atoms with E-state index in [0.29, 0.717) is 5.56 Å². The number of carbonyl (C=O) groups is 1. The van der Waals surface area contributed by atoms with E-state index < -0.39 is 0 Å². The zero-order valence-corrected chi connectivity index (χ0v) is 8.85. The molecule has 0 saturated carbocycles.